The Morgan fingerprint density at radius 3 is 2.85 bits per heavy atom. The lowest BCUT2D eigenvalue weighted by Gasteiger charge is -2.29. The van der Waals surface area contributed by atoms with Gasteiger partial charge in [-0.05, 0) is 42.5 Å². The van der Waals surface area contributed by atoms with Gasteiger partial charge in [-0.25, -0.2) is 0 Å². The van der Waals surface area contributed by atoms with Crippen LogP contribution in [0.3, 0.4) is 0 Å². The lowest BCUT2D eigenvalue weighted by molar-refractivity contribution is 0.0641. The van der Waals surface area contributed by atoms with E-state index in [4.69, 9.17) is 4.74 Å². The number of ether oxygens (including phenoxy) is 1. The first-order valence-corrected chi connectivity index (χ1v) is 7.67. The number of aryl methyl sites for hydroxylation is 2. The highest BCUT2D eigenvalue weighted by molar-refractivity contribution is 5.38. The maximum Gasteiger partial charge on any atom is 0.119 e. The molecule has 0 bridgehead atoms. The van der Waals surface area contributed by atoms with E-state index >= 15 is 0 Å². The van der Waals surface area contributed by atoms with Crippen LogP contribution in [0, 0.1) is 0 Å². The molecule has 1 aliphatic heterocycles. The van der Waals surface area contributed by atoms with Gasteiger partial charge in [0.1, 0.15) is 18.5 Å². The van der Waals surface area contributed by atoms with Crippen molar-refractivity contribution in [1.82, 2.24) is 10.2 Å². The van der Waals surface area contributed by atoms with E-state index in [0.29, 0.717) is 13.2 Å². The molecule has 4 nitrogen and oxygen atoms in total. The molecule has 0 saturated carbocycles. The highest BCUT2D eigenvalue weighted by Crippen LogP contribution is 2.26. The second kappa shape index (κ2) is 6.57. The van der Waals surface area contributed by atoms with E-state index < -0.39 is 6.10 Å². The third-order valence-corrected chi connectivity index (χ3v) is 4.19. The lowest BCUT2D eigenvalue weighted by Crippen LogP contribution is -2.47. The summed E-state index contributed by atoms with van der Waals surface area (Å²) in [4.78, 5) is 2.28. The molecular weight excluding hydrogens is 252 g/mol. The normalized spacial score (nSPS) is 20.6. The molecule has 2 N–H and O–H groups in total. The van der Waals surface area contributed by atoms with Crippen molar-refractivity contribution in [2.24, 2.45) is 0 Å². The summed E-state index contributed by atoms with van der Waals surface area (Å²) in [6.07, 6.45) is 3.20. The fourth-order valence-electron chi connectivity index (χ4n) is 3.07. The van der Waals surface area contributed by atoms with Crippen LogP contribution in [0.2, 0.25) is 0 Å². The summed E-state index contributed by atoms with van der Waals surface area (Å²) in [5.74, 6) is 0.894. The molecule has 0 aromatic heterocycles. The summed E-state index contributed by atoms with van der Waals surface area (Å²) >= 11 is 0. The van der Waals surface area contributed by atoms with Gasteiger partial charge < -0.3 is 15.2 Å². The Morgan fingerprint density at radius 2 is 2.00 bits per heavy atom. The summed E-state index contributed by atoms with van der Waals surface area (Å²) in [5.41, 5.74) is 2.87. The Balaban J connectivity index is 1.46. The Labute approximate surface area is 120 Å². The number of benzene rings is 1. The third kappa shape index (κ3) is 3.51. The summed E-state index contributed by atoms with van der Waals surface area (Å²) < 4.78 is 5.74. The smallest absolute Gasteiger partial charge is 0.119 e. The number of nitrogens with one attached hydrogen (secondary N) is 1. The van der Waals surface area contributed by atoms with Gasteiger partial charge >= 0.3 is 0 Å². The van der Waals surface area contributed by atoms with E-state index in [2.05, 4.69) is 22.3 Å². The number of aliphatic hydroxyl groups is 1. The molecule has 1 saturated heterocycles. The minimum absolute atomic E-state index is 0.378. The number of hydrogen-bond donors (Lipinski definition) is 2. The van der Waals surface area contributed by atoms with Crippen molar-refractivity contribution < 1.29 is 9.84 Å². The van der Waals surface area contributed by atoms with Crippen LogP contribution in [-0.2, 0) is 12.8 Å². The molecule has 20 heavy (non-hydrogen) atoms. The van der Waals surface area contributed by atoms with Crippen LogP contribution in [0.15, 0.2) is 18.2 Å². The Bertz CT molecular complexity index is 444. The fraction of sp³-hybridized carbons (Fsp3) is 0.625. The zero-order valence-corrected chi connectivity index (χ0v) is 12.0. The predicted octanol–water partition coefficient (Wildman–Crippen LogP) is 0.820. The van der Waals surface area contributed by atoms with Gasteiger partial charge in [0.25, 0.3) is 0 Å². The van der Waals surface area contributed by atoms with Crippen LogP contribution in [0.5, 0.6) is 5.75 Å². The molecule has 0 radical (unpaired) electrons. The van der Waals surface area contributed by atoms with Gasteiger partial charge in [0.15, 0.2) is 0 Å². The van der Waals surface area contributed by atoms with E-state index in [1.807, 2.05) is 6.07 Å². The minimum atomic E-state index is -0.415. The van der Waals surface area contributed by atoms with Crippen LogP contribution in [0.4, 0.5) is 0 Å². The SMILES string of the molecule is OC(COc1ccc2c(c1)CCC2)CN1CCNCC1. The third-order valence-electron chi connectivity index (χ3n) is 4.19. The second-order valence-corrected chi connectivity index (χ2v) is 5.80. The van der Waals surface area contributed by atoms with E-state index in [-0.39, 0.29) is 0 Å². The van der Waals surface area contributed by atoms with Gasteiger partial charge in [-0.2, -0.15) is 0 Å². The molecular formula is C16H24N2O2. The van der Waals surface area contributed by atoms with Gasteiger partial charge in [-0.3, -0.25) is 4.90 Å². The first kappa shape index (κ1) is 13.9. The Kier molecular flexibility index (Phi) is 4.55. The maximum absolute atomic E-state index is 10.1. The van der Waals surface area contributed by atoms with Crippen molar-refractivity contribution in [3.05, 3.63) is 29.3 Å². The number of piperazine rings is 1. The quantitative estimate of drug-likeness (QED) is 0.836. The maximum atomic E-state index is 10.1. The molecule has 1 atom stereocenters. The lowest BCUT2D eigenvalue weighted by atomic mass is 10.1. The molecule has 1 fully saturated rings. The van der Waals surface area contributed by atoms with Gasteiger partial charge in [0, 0.05) is 32.7 Å². The van der Waals surface area contributed by atoms with Crippen molar-refractivity contribution in [2.45, 2.75) is 25.4 Å². The van der Waals surface area contributed by atoms with Gasteiger partial charge in [0.2, 0.25) is 0 Å². The summed E-state index contributed by atoms with van der Waals surface area (Å²) in [6, 6.07) is 6.34. The van der Waals surface area contributed by atoms with Crippen LogP contribution in [0.1, 0.15) is 17.5 Å². The topological polar surface area (TPSA) is 44.7 Å². The highest BCUT2D eigenvalue weighted by Gasteiger charge is 2.15. The number of fused-ring (bicyclic) bond motifs is 1. The molecule has 1 aromatic rings. The number of nitrogens with zero attached hydrogens (tertiary/aromatic N) is 1. The number of hydrogen-bond acceptors (Lipinski definition) is 4. The van der Waals surface area contributed by atoms with Crippen molar-refractivity contribution >= 4 is 0 Å². The largest absolute Gasteiger partial charge is 0.491 e. The summed E-state index contributed by atoms with van der Waals surface area (Å²) in [6.45, 7) is 5.12. The fourth-order valence-corrected chi connectivity index (χ4v) is 3.07. The van der Waals surface area contributed by atoms with Crippen LogP contribution < -0.4 is 10.1 Å². The molecule has 0 amide bonds. The van der Waals surface area contributed by atoms with E-state index in [1.54, 1.807) is 0 Å². The molecule has 2 aliphatic rings. The first-order valence-electron chi connectivity index (χ1n) is 7.67. The van der Waals surface area contributed by atoms with Crippen molar-refractivity contribution in [3.8, 4) is 5.75 Å². The Morgan fingerprint density at radius 1 is 1.20 bits per heavy atom. The Hall–Kier alpha value is -1.10. The van der Waals surface area contributed by atoms with E-state index in [0.717, 1.165) is 38.3 Å². The van der Waals surface area contributed by atoms with Gasteiger partial charge in [-0.15, -0.1) is 0 Å². The van der Waals surface area contributed by atoms with Crippen molar-refractivity contribution in [3.63, 3.8) is 0 Å². The zero-order chi connectivity index (χ0) is 13.8. The monoisotopic (exact) mass is 276 g/mol. The number of rotatable bonds is 5. The standard InChI is InChI=1S/C16H24N2O2/c19-15(11-18-8-6-17-7-9-18)12-20-16-5-4-13-2-1-3-14(13)10-16/h4-5,10,15,17,19H,1-3,6-9,11-12H2. The average Bonchev–Trinajstić information content (AvgIpc) is 2.93. The van der Waals surface area contributed by atoms with Crippen LogP contribution in [0.25, 0.3) is 0 Å². The van der Waals surface area contributed by atoms with Crippen molar-refractivity contribution in [2.75, 3.05) is 39.3 Å². The first-order chi connectivity index (χ1) is 9.81. The van der Waals surface area contributed by atoms with Gasteiger partial charge in [-0.1, -0.05) is 6.07 Å². The van der Waals surface area contributed by atoms with Gasteiger partial charge in [0.05, 0.1) is 0 Å². The van der Waals surface area contributed by atoms with E-state index in [1.165, 1.54) is 24.0 Å². The molecule has 3 rings (SSSR count). The van der Waals surface area contributed by atoms with Crippen molar-refractivity contribution in [1.29, 1.82) is 0 Å². The molecule has 0 spiro atoms. The number of β-amino-alcohol motifs (C(OH)–C–C–N with tert-alkyl or cyclic N) is 1. The molecule has 1 unspecified atom stereocenters. The molecule has 110 valence electrons. The summed E-state index contributed by atoms with van der Waals surface area (Å²) in [5, 5.41) is 13.4. The number of aliphatic hydroxyl groups excluding tert-OH is 1. The average molecular weight is 276 g/mol. The van der Waals surface area contributed by atoms with E-state index in [9.17, 15) is 5.11 Å². The second-order valence-electron chi connectivity index (χ2n) is 5.80. The highest BCUT2D eigenvalue weighted by atomic mass is 16.5. The van der Waals surface area contributed by atoms with Crippen LogP contribution in [-0.4, -0.2) is 55.4 Å². The zero-order valence-electron chi connectivity index (χ0n) is 12.0. The predicted molar refractivity (Wildman–Crippen MR) is 79.3 cm³/mol. The summed E-state index contributed by atoms with van der Waals surface area (Å²) in [7, 11) is 0. The molecule has 4 heteroatoms. The van der Waals surface area contributed by atoms with Crippen LogP contribution >= 0.6 is 0 Å². The molecule has 1 aromatic carbocycles. The minimum Gasteiger partial charge on any atom is -0.491 e. The molecule has 1 heterocycles. The molecule has 1 aliphatic carbocycles.